The third kappa shape index (κ3) is 2.47. The van der Waals surface area contributed by atoms with Crippen molar-refractivity contribution in [1.29, 1.82) is 0 Å². The molecule has 0 fully saturated rings. The first-order valence-corrected chi connectivity index (χ1v) is 5.02. The fraction of sp³-hybridized carbons (Fsp3) is 0.300. The maximum Gasteiger partial charge on any atom is 0.342 e. The van der Waals surface area contributed by atoms with Gasteiger partial charge in [0.05, 0.1) is 0 Å². The van der Waals surface area contributed by atoms with E-state index in [0.717, 1.165) is 12.4 Å². The minimum Gasteiger partial charge on any atom is -0.404 e. The zero-order valence-corrected chi connectivity index (χ0v) is 9.21. The van der Waals surface area contributed by atoms with Crippen molar-refractivity contribution in [3.8, 4) is 11.9 Å². The van der Waals surface area contributed by atoms with Gasteiger partial charge in [-0.25, -0.2) is 0 Å². The number of rotatable bonds is 4. The highest BCUT2D eigenvalue weighted by molar-refractivity contribution is 5.37. The fourth-order valence-electron chi connectivity index (χ4n) is 1.21. The zero-order valence-electron chi connectivity index (χ0n) is 9.21. The lowest BCUT2D eigenvalue weighted by Gasteiger charge is -2.04. The van der Waals surface area contributed by atoms with E-state index >= 15 is 0 Å². The first-order chi connectivity index (χ1) is 7.78. The van der Waals surface area contributed by atoms with Crippen LogP contribution in [0.3, 0.4) is 0 Å². The van der Waals surface area contributed by atoms with Crippen molar-refractivity contribution in [3.05, 3.63) is 24.5 Å². The molecule has 0 spiro atoms. The van der Waals surface area contributed by atoms with Crippen LogP contribution in [0.5, 0.6) is 11.9 Å². The maximum atomic E-state index is 5.39. The van der Waals surface area contributed by atoms with E-state index in [1.165, 1.54) is 0 Å². The van der Waals surface area contributed by atoms with E-state index < -0.39 is 0 Å². The van der Waals surface area contributed by atoms with Crippen molar-refractivity contribution >= 4 is 5.82 Å². The molecule has 6 nitrogen and oxygen atoms in total. The van der Waals surface area contributed by atoms with Gasteiger partial charge in [-0.1, -0.05) is 6.07 Å². The topological polar surface area (TPSA) is 64.9 Å². The second-order valence-electron chi connectivity index (χ2n) is 3.19. The van der Waals surface area contributed by atoms with E-state index in [1.54, 1.807) is 24.1 Å². The summed E-state index contributed by atoms with van der Waals surface area (Å²) >= 11 is 0. The number of nitrogens with zero attached hydrogens (tertiary/aromatic N) is 4. The molecule has 0 amide bonds. The van der Waals surface area contributed by atoms with Gasteiger partial charge >= 0.3 is 6.01 Å². The second-order valence-corrected chi connectivity index (χ2v) is 3.19. The Bertz CT molecular complexity index is 468. The molecule has 1 N–H and O–H groups in total. The van der Waals surface area contributed by atoms with Crippen LogP contribution >= 0.6 is 0 Å². The quantitative estimate of drug-likeness (QED) is 0.842. The van der Waals surface area contributed by atoms with Gasteiger partial charge in [-0.05, 0) is 13.0 Å². The van der Waals surface area contributed by atoms with E-state index in [2.05, 4.69) is 20.4 Å². The highest BCUT2D eigenvalue weighted by atomic mass is 16.5. The molecule has 0 unspecified atom stereocenters. The number of aryl methyl sites for hydroxylation is 1. The van der Waals surface area contributed by atoms with Crippen molar-refractivity contribution in [3.63, 3.8) is 0 Å². The first-order valence-electron chi connectivity index (χ1n) is 5.02. The van der Waals surface area contributed by atoms with Crippen molar-refractivity contribution in [2.75, 3.05) is 11.9 Å². The number of pyridine rings is 1. The fourth-order valence-corrected chi connectivity index (χ4v) is 1.21. The van der Waals surface area contributed by atoms with Crippen LogP contribution in [0.4, 0.5) is 5.82 Å². The predicted molar refractivity (Wildman–Crippen MR) is 59.5 cm³/mol. The first kappa shape index (κ1) is 10.4. The molecule has 0 aliphatic heterocycles. The molecule has 2 aromatic heterocycles. The van der Waals surface area contributed by atoms with Gasteiger partial charge in [-0.15, -0.1) is 5.10 Å². The molecule has 0 bridgehead atoms. The molecule has 2 aromatic rings. The summed E-state index contributed by atoms with van der Waals surface area (Å²) in [6, 6.07) is 5.80. The van der Waals surface area contributed by atoms with Crippen LogP contribution in [-0.4, -0.2) is 26.3 Å². The van der Waals surface area contributed by atoms with Gasteiger partial charge in [-0.3, -0.25) is 4.68 Å². The Hall–Kier alpha value is -2.11. The predicted octanol–water partition coefficient (Wildman–Crippen LogP) is 1.43. The summed E-state index contributed by atoms with van der Waals surface area (Å²) in [6.07, 6.45) is 1.57. The van der Waals surface area contributed by atoms with Crippen LogP contribution < -0.4 is 10.1 Å². The van der Waals surface area contributed by atoms with Crippen LogP contribution in [0, 0.1) is 0 Å². The molecule has 0 aliphatic rings. The molecular weight excluding hydrogens is 206 g/mol. The molecule has 0 saturated carbocycles. The number of aromatic nitrogens is 4. The third-order valence-electron chi connectivity index (χ3n) is 1.86. The Morgan fingerprint density at radius 1 is 1.44 bits per heavy atom. The van der Waals surface area contributed by atoms with Crippen molar-refractivity contribution in [2.24, 2.45) is 7.05 Å². The van der Waals surface area contributed by atoms with Crippen molar-refractivity contribution in [2.45, 2.75) is 6.92 Å². The summed E-state index contributed by atoms with van der Waals surface area (Å²) in [7, 11) is 1.78. The summed E-state index contributed by atoms with van der Waals surface area (Å²) in [6.45, 7) is 2.83. The minimum absolute atomic E-state index is 0.295. The lowest BCUT2D eigenvalue weighted by Crippen LogP contribution is -2.00. The van der Waals surface area contributed by atoms with Gasteiger partial charge in [0.2, 0.25) is 5.88 Å². The molecule has 0 aromatic carbocycles. The molecule has 2 rings (SSSR count). The van der Waals surface area contributed by atoms with Crippen LogP contribution in [0.1, 0.15) is 6.92 Å². The van der Waals surface area contributed by atoms with Gasteiger partial charge < -0.3 is 10.1 Å². The molecule has 0 saturated heterocycles. The van der Waals surface area contributed by atoms with Gasteiger partial charge in [0.25, 0.3) is 0 Å². The number of hydrogen-bond donors (Lipinski definition) is 1. The molecule has 0 atom stereocenters. The zero-order chi connectivity index (χ0) is 11.4. The largest absolute Gasteiger partial charge is 0.404 e. The highest BCUT2D eigenvalue weighted by Gasteiger charge is 2.03. The monoisotopic (exact) mass is 219 g/mol. The Balaban J connectivity index is 2.12. The van der Waals surface area contributed by atoms with Crippen LogP contribution in [0.2, 0.25) is 0 Å². The van der Waals surface area contributed by atoms with E-state index in [-0.39, 0.29) is 0 Å². The lowest BCUT2D eigenvalue weighted by atomic mass is 10.4. The average Bonchev–Trinajstić information content (AvgIpc) is 2.65. The summed E-state index contributed by atoms with van der Waals surface area (Å²) in [5.74, 6) is 1.25. The van der Waals surface area contributed by atoms with E-state index in [0.29, 0.717) is 11.9 Å². The normalized spacial score (nSPS) is 10.1. The number of anilines is 1. The lowest BCUT2D eigenvalue weighted by molar-refractivity contribution is 0.423. The Morgan fingerprint density at radius 2 is 2.31 bits per heavy atom. The van der Waals surface area contributed by atoms with E-state index in [9.17, 15) is 0 Å². The van der Waals surface area contributed by atoms with Gasteiger partial charge in [0, 0.05) is 19.7 Å². The molecule has 0 radical (unpaired) electrons. The molecule has 16 heavy (non-hydrogen) atoms. The Morgan fingerprint density at radius 3 is 3.00 bits per heavy atom. The van der Waals surface area contributed by atoms with Crippen LogP contribution in [0.25, 0.3) is 0 Å². The third-order valence-corrected chi connectivity index (χ3v) is 1.86. The SMILES string of the molecule is CCNc1cccc(Oc2ncn(C)n2)n1. The minimum atomic E-state index is 0.295. The standard InChI is InChI=1S/C10H13N5O/c1-3-11-8-5-4-6-9(13-8)16-10-12-7-15(2)14-10/h4-7H,3H2,1-2H3,(H,11,13). The number of ether oxygens (including phenoxy) is 1. The summed E-state index contributed by atoms with van der Waals surface area (Å²) in [5.41, 5.74) is 0. The second kappa shape index (κ2) is 4.61. The number of hydrogen-bond acceptors (Lipinski definition) is 5. The van der Waals surface area contributed by atoms with Crippen molar-refractivity contribution < 1.29 is 4.74 Å². The Labute approximate surface area is 93.3 Å². The van der Waals surface area contributed by atoms with Gasteiger partial charge in [0.1, 0.15) is 12.1 Å². The maximum absolute atomic E-state index is 5.39. The van der Waals surface area contributed by atoms with E-state index in [4.69, 9.17) is 4.74 Å². The Kier molecular flexibility index (Phi) is 3.00. The molecular formula is C10H13N5O. The number of nitrogens with one attached hydrogen (secondary N) is 1. The summed E-state index contributed by atoms with van der Waals surface area (Å²) in [5, 5.41) is 7.11. The molecule has 0 aliphatic carbocycles. The van der Waals surface area contributed by atoms with Crippen LogP contribution in [0.15, 0.2) is 24.5 Å². The molecule has 84 valence electrons. The average molecular weight is 219 g/mol. The molecule has 6 heteroatoms. The van der Waals surface area contributed by atoms with E-state index in [1.807, 2.05) is 19.1 Å². The summed E-state index contributed by atoms with van der Waals surface area (Å²) in [4.78, 5) is 8.20. The smallest absolute Gasteiger partial charge is 0.342 e. The molecule has 2 heterocycles. The van der Waals surface area contributed by atoms with Gasteiger partial charge in [0.15, 0.2) is 0 Å². The van der Waals surface area contributed by atoms with Gasteiger partial charge in [-0.2, -0.15) is 9.97 Å². The van der Waals surface area contributed by atoms with Crippen molar-refractivity contribution in [1.82, 2.24) is 19.7 Å². The van der Waals surface area contributed by atoms with Crippen LogP contribution in [-0.2, 0) is 7.05 Å². The summed E-state index contributed by atoms with van der Waals surface area (Å²) < 4.78 is 6.96. The highest BCUT2D eigenvalue weighted by Crippen LogP contribution is 2.16.